The van der Waals surface area contributed by atoms with Gasteiger partial charge in [-0.25, -0.2) is 0 Å². The number of nitrogens with one attached hydrogen (secondary N) is 4. The van der Waals surface area contributed by atoms with E-state index < -0.39 is 225 Å². The Hall–Kier alpha value is -8.36. The summed E-state index contributed by atoms with van der Waals surface area (Å²) in [6, 6.07) is 15.1. The predicted molar refractivity (Wildman–Crippen MR) is 305 cm³/mol. The fraction of sp³-hybridized carbons (Fsp3) is 0. The molecule has 4 aromatic carbocycles. The zero-order valence-corrected chi connectivity index (χ0v) is 52.2. The molecule has 36 nitrogen and oxygen atoms in total. The molecule has 0 saturated heterocycles. The van der Waals surface area contributed by atoms with Crippen LogP contribution in [0.2, 0.25) is 0 Å². The molecule has 0 saturated carbocycles. The second-order valence-electron chi connectivity index (χ2n) is 18.1. The number of anilines is 4. The molecule has 0 atom stereocenters. The largest absolute Gasteiger partial charge is 0.295 e. The zero-order valence-electron chi connectivity index (χ0n) is 43.5. The van der Waals surface area contributed by atoms with Crippen LogP contribution in [0.25, 0.3) is 12.2 Å². The zero-order chi connectivity index (χ0) is 66.8. The van der Waals surface area contributed by atoms with Gasteiger partial charge in [0.1, 0.15) is 9.79 Å². The molecule has 0 amide bonds. The Morgan fingerprint density at radius 1 is 0.344 bits per heavy atom. The van der Waals surface area contributed by atoms with Crippen molar-refractivity contribution in [2.75, 3.05) is 21.7 Å². The second-order valence-corrected chi connectivity index (χ2v) is 33.0. The number of benzene rings is 4. The monoisotopic (exact) mass is 1490 g/mol. The quantitative estimate of drug-likeness (QED) is 0.0165. The van der Waals surface area contributed by atoms with Gasteiger partial charge in [0.2, 0.25) is 0 Å². The smallest absolute Gasteiger partial charge is 0.282 e. The van der Waals surface area contributed by atoms with Crippen LogP contribution in [0.5, 0.6) is 0 Å². The van der Waals surface area contributed by atoms with Gasteiger partial charge in [0, 0.05) is 0 Å². The van der Waals surface area contributed by atoms with Crippen LogP contribution < -0.4 is 73.5 Å². The third-order valence-electron chi connectivity index (χ3n) is 12.2. The van der Waals surface area contributed by atoms with Crippen molar-refractivity contribution in [1.29, 1.82) is 0 Å². The van der Waals surface area contributed by atoms with Crippen LogP contribution in [0, 0.1) is 20.9 Å². The van der Waals surface area contributed by atoms with Gasteiger partial charge in [-0.3, -0.25) is 9.11 Å². The maximum atomic E-state index is 14.0. The predicted octanol–water partition coefficient (Wildman–Crippen LogP) is -5.19. The summed E-state index contributed by atoms with van der Waals surface area (Å²) >= 11 is -11.5. The second kappa shape index (κ2) is 24.1. The molecule has 0 heterocycles. The Kier molecular flexibility index (Phi) is 18.1. The van der Waals surface area contributed by atoms with Crippen LogP contribution >= 0.6 is 0 Å². The van der Waals surface area contributed by atoms with Crippen molar-refractivity contribution in [3.8, 4) is 0 Å². The first-order valence-electron chi connectivity index (χ1n) is 23.4. The van der Waals surface area contributed by atoms with E-state index in [1.165, 1.54) is 24.3 Å². The molecule has 44 heteroatoms. The molecule has 4 aliphatic rings. The minimum Gasteiger partial charge on any atom is -0.282 e. The van der Waals surface area contributed by atoms with Gasteiger partial charge in [0.05, 0.1) is 0 Å². The van der Waals surface area contributed by atoms with Gasteiger partial charge in [0.15, 0.2) is 0 Å². The Morgan fingerprint density at radius 2 is 0.600 bits per heavy atom. The molecule has 0 aromatic heterocycles. The summed E-state index contributed by atoms with van der Waals surface area (Å²) in [7, 11) is -33.0. The van der Waals surface area contributed by atoms with Crippen LogP contribution in [-0.2, 0) is 68.2 Å². The minimum atomic E-state index is -5.77. The minimum absolute atomic E-state index is 0.366. The normalized spacial score (nSPS) is 14.0. The number of para-hydroxylation sites is 2. The van der Waals surface area contributed by atoms with Crippen molar-refractivity contribution in [2.24, 2.45) is 20.4 Å². The van der Waals surface area contributed by atoms with Gasteiger partial charge in [0.25, 0.3) is 20.2 Å². The molecule has 0 aliphatic heterocycles. The first-order valence-corrected chi connectivity index (χ1v) is 38.8. The van der Waals surface area contributed by atoms with Crippen molar-refractivity contribution in [2.45, 2.75) is 29.4 Å². The van der Waals surface area contributed by atoms with Crippen molar-refractivity contribution < 1.29 is 102 Å². The fourth-order valence-corrected chi connectivity index (χ4v) is 15.4. The SMILES string of the molecule is O=c1c2c(=O)/c(=N/Nc3ccccc3[As](=O)(O)O)c(S(=O)(=O)O)cc=2cc(S(=O)(=O)O)/c1=N\Nc1ccc(/C=C/c2ccc(N/N=c3\c(S(=O)(=O)O)cc4cc(S(=O)(=O)O)/c(=N\Nc5ccccc5[As](=O)(O)O)c(=O)c=4c3=O)cc2S(=O)(=O)O)c(S(=O)(=O)O)c1. The van der Waals surface area contributed by atoms with Gasteiger partial charge >= 0.3 is 394 Å². The van der Waals surface area contributed by atoms with Crippen molar-refractivity contribution in [3.63, 3.8) is 0 Å². The van der Waals surface area contributed by atoms with Crippen LogP contribution in [0.15, 0.2) is 178 Å². The summed E-state index contributed by atoms with van der Waals surface area (Å²) in [5.74, 6) is 0. The van der Waals surface area contributed by atoms with Gasteiger partial charge in [-0.1, -0.05) is 24.3 Å². The van der Waals surface area contributed by atoms with Crippen LogP contribution in [0.4, 0.5) is 22.7 Å². The molecule has 90 heavy (non-hydrogen) atoms. The molecule has 0 spiro atoms. The molecular formula is C46H34As2N8O28S6. The summed E-state index contributed by atoms with van der Waals surface area (Å²) in [5.41, 5.74) is -1.59. The Bertz CT molecular complexity index is 5610. The Balaban J connectivity index is 1.19. The summed E-state index contributed by atoms with van der Waals surface area (Å²) < 4.78 is 274. The summed E-state index contributed by atoms with van der Waals surface area (Å²) in [6.45, 7) is 0. The van der Waals surface area contributed by atoms with Crippen molar-refractivity contribution >= 4 is 133 Å². The maximum Gasteiger partial charge on any atom is 0.295 e. The first kappa shape index (κ1) is 67.6. The van der Waals surface area contributed by atoms with Crippen molar-refractivity contribution in [3.05, 3.63) is 204 Å². The molecule has 0 bridgehead atoms. The number of nitrogens with zero attached hydrogens (tertiary/aromatic N) is 4. The Morgan fingerprint density at radius 3 is 0.856 bits per heavy atom. The fourth-order valence-electron chi connectivity index (χ4n) is 8.30. The number of hydrogen-bond acceptors (Lipinski definition) is 26. The number of rotatable bonds is 18. The van der Waals surface area contributed by atoms with Crippen molar-refractivity contribution in [1.82, 2.24) is 0 Å². The van der Waals surface area contributed by atoms with Crippen LogP contribution in [0.3, 0.4) is 0 Å². The third kappa shape index (κ3) is 14.4. The van der Waals surface area contributed by atoms with Gasteiger partial charge in [-0.15, -0.1) is 0 Å². The van der Waals surface area contributed by atoms with E-state index >= 15 is 0 Å². The summed E-state index contributed by atoms with van der Waals surface area (Å²) in [6.07, 6.45) is 1.64. The molecule has 0 radical (unpaired) electrons. The third-order valence-corrected chi connectivity index (χ3v) is 21.7. The van der Waals surface area contributed by atoms with Gasteiger partial charge in [-0.05, 0) is 35.4 Å². The van der Waals surface area contributed by atoms with Crippen LogP contribution in [0.1, 0.15) is 11.1 Å². The molecule has 8 rings (SSSR count). The van der Waals surface area contributed by atoms with Gasteiger partial charge in [-0.2, -0.15) is 16.8 Å². The first-order chi connectivity index (χ1) is 41.4. The topological polar surface area (TPSA) is 607 Å². The maximum absolute atomic E-state index is 14.0. The van der Waals surface area contributed by atoms with Gasteiger partial charge < -0.3 is 0 Å². The van der Waals surface area contributed by atoms with E-state index in [0.717, 1.165) is 60.7 Å². The summed E-state index contributed by atoms with van der Waals surface area (Å²) in [5, 5.41) is 5.07. The number of hydrogen-bond donors (Lipinski definition) is 14. The van der Waals surface area contributed by atoms with E-state index in [2.05, 4.69) is 42.1 Å². The molecule has 472 valence electrons. The average molecular weight is 1490 g/mol. The van der Waals surface area contributed by atoms with E-state index in [9.17, 15) is 121 Å². The standard InChI is InChI=1S/C46H34As2N8O28S6/c57-43-37-23(17-35(89(79,80)81)41(45(37)59)55-51-29-7-3-1-5-27(29)47(61,62)63)15-33(87(73,74)75)39(43)53-49-25-13-11-21(31(19-25)85(67,68)69)9-10-22-12-14-26(20-32(22)86(70,71)72)50-54-40-34(88(76,77)78)16-24-18-36(90(82,83)84)42(46(60)38(24)44(40)58)56-52-30-8-4-2-6-28(30)48(64,65)66/h1-20,49-52H,(H2,61,62,63)(H2,64,65,66)(H,67,68,69)(H,70,71,72)(H,73,74,75)(H,76,77,78)(H,79,80,81)(H,82,83,84)/b10-9+,53-39+,54-40+,55-41+,56-42+. The van der Waals surface area contributed by atoms with E-state index in [4.69, 9.17) is 0 Å². The van der Waals surface area contributed by atoms with Crippen LogP contribution in [-0.4, -0.2) is 123 Å². The average Bonchev–Trinajstić information content (AvgIpc) is 0.767. The summed E-state index contributed by atoms with van der Waals surface area (Å²) in [4.78, 5) is 48.0. The van der Waals surface area contributed by atoms with E-state index in [0.29, 0.717) is 36.4 Å². The molecular weight excluding hydrogens is 1450 g/mol. The molecule has 4 aromatic rings. The van der Waals surface area contributed by atoms with E-state index in [1.54, 1.807) is 0 Å². The van der Waals surface area contributed by atoms with E-state index in [1.807, 2.05) is 0 Å². The molecule has 14 N–H and O–H groups in total. The molecule has 0 fully saturated rings. The van der Waals surface area contributed by atoms with E-state index in [-0.39, 0.29) is 0 Å². The molecule has 0 unspecified atom stereocenters. The molecule has 4 aliphatic carbocycles. The Labute approximate surface area is 505 Å².